The maximum Gasteiger partial charge on any atom is 0.123 e. The van der Waals surface area contributed by atoms with E-state index in [2.05, 4.69) is 69.0 Å². The van der Waals surface area contributed by atoms with E-state index in [1.54, 1.807) is 11.4 Å². The number of benzene rings is 2. The molecule has 36 heavy (non-hydrogen) atoms. The van der Waals surface area contributed by atoms with Gasteiger partial charge in [-0.25, -0.2) is 4.39 Å². The monoisotopic (exact) mass is 508 g/mol. The predicted molar refractivity (Wildman–Crippen MR) is 153 cm³/mol. The van der Waals surface area contributed by atoms with Crippen LogP contribution in [0.25, 0.3) is 10.9 Å². The second-order valence-corrected chi connectivity index (χ2v) is 16.6. The topological polar surface area (TPSA) is 39.3 Å². The number of hydrogen-bond acceptors (Lipinski definition) is 2. The first-order valence-corrected chi connectivity index (χ1v) is 16.6. The van der Waals surface area contributed by atoms with Crippen molar-refractivity contribution in [3.63, 3.8) is 0 Å². The number of nitrogens with zero attached hydrogens (tertiary/aromatic N) is 1. The number of para-hydroxylation sites is 1. The molecular formula is C31H45FN2OSi. The zero-order chi connectivity index (χ0) is 26.0. The summed E-state index contributed by atoms with van der Waals surface area (Å²) in [5, 5.41) is 14.5. The van der Waals surface area contributed by atoms with Gasteiger partial charge in [0.05, 0.1) is 5.60 Å². The van der Waals surface area contributed by atoms with Gasteiger partial charge in [0.15, 0.2) is 0 Å². The van der Waals surface area contributed by atoms with Crippen LogP contribution in [-0.4, -0.2) is 42.8 Å². The molecule has 2 aromatic carbocycles. The fourth-order valence-corrected chi connectivity index (χ4v) is 10.8. The molecule has 1 aliphatic rings. The highest BCUT2D eigenvalue weighted by Crippen LogP contribution is 2.46. The van der Waals surface area contributed by atoms with E-state index in [1.165, 1.54) is 40.7 Å². The Morgan fingerprint density at radius 1 is 0.944 bits per heavy atom. The largest absolute Gasteiger partial charge is 0.390 e. The third kappa shape index (κ3) is 4.94. The van der Waals surface area contributed by atoms with E-state index < -0.39 is 13.7 Å². The number of aromatic nitrogens is 1. The number of halogens is 1. The van der Waals surface area contributed by atoms with E-state index in [0.717, 1.165) is 50.5 Å². The van der Waals surface area contributed by atoms with Crippen LogP contribution < -0.4 is 5.32 Å². The zero-order valence-corrected chi connectivity index (χ0v) is 24.0. The number of nitrogens with one attached hydrogen (secondary N) is 1. The smallest absolute Gasteiger partial charge is 0.123 e. The standard InChI is InChI=1S/C31H45FN2OSi/c1-6-36(7-2,8-3)29-27(26-15-9-10-17-28(26)33-29)16-12-18-30(35)19-21-31(22-20-30,34(4)5)24-13-11-14-25(32)23-24/h9-11,13-15,17,23,33,35H,6-8,12,16,18-22H2,1-5H3. The van der Waals surface area contributed by atoms with E-state index in [0.29, 0.717) is 0 Å². The second-order valence-electron chi connectivity index (χ2n) is 11.4. The van der Waals surface area contributed by atoms with Gasteiger partial charge in [0, 0.05) is 21.8 Å². The second kappa shape index (κ2) is 10.8. The van der Waals surface area contributed by atoms with Crippen molar-refractivity contribution in [1.82, 2.24) is 9.88 Å². The fourth-order valence-electron chi connectivity index (χ4n) is 6.94. The molecule has 3 nitrogen and oxygen atoms in total. The molecule has 5 heteroatoms. The Morgan fingerprint density at radius 2 is 1.61 bits per heavy atom. The quantitative estimate of drug-likeness (QED) is 0.287. The summed E-state index contributed by atoms with van der Waals surface area (Å²) in [4.78, 5) is 6.09. The highest BCUT2D eigenvalue weighted by Gasteiger charge is 2.44. The van der Waals surface area contributed by atoms with Crippen molar-refractivity contribution in [3.05, 3.63) is 65.5 Å². The fraction of sp³-hybridized carbons (Fsp3) is 0.548. The lowest BCUT2D eigenvalue weighted by Crippen LogP contribution is -2.49. The summed E-state index contributed by atoms with van der Waals surface area (Å²) < 4.78 is 14.0. The average Bonchev–Trinajstić information content (AvgIpc) is 3.25. The maximum atomic E-state index is 14.0. The summed E-state index contributed by atoms with van der Waals surface area (Å²) in [5.41, 5.74) is 2.93. The summed E-state index contributed by atoms with van der Waals surface area (Å²) >= 11 is 0. The lowest BCUT2D eigenvalue weighted by Gasteiger charge is -2.48. The van der Waals surface area contributed by atoms with E-state index in [9.17, 15) is 9.50 Å². The molecule has 0 bridgehead atoms. The minimum Gasteiger partial charge on any atom is -0.390 e. The summed E-state index contributed by atoms with van der Waals surface area (Å²) in [6, 6.07) is 19.6. The van der Waals surface area contributed by atoms with Gasteiger partial charge in [0.1, 0.15) is 13.9 Å². The number of rotatable bonds is 10. The van der Waals surface area contributed by atoms with Crippen LogP contribution in [0.5, 0.6) is 0 Å². The Balaban J connectivity index is 1.51. The molecule has 1 saturated carbocycles. The van der Waals surface area contributed by atoms with Crippen molar-refractivity contribution in [2.75, 3.05) is 14.1 Å². The Kier molecular flexibility index (Phi) is 8.13. The lowest BCUT2D eigenvalue weighted by molar-refractivity contribution is -0.0524. The zero-order valence-electron chi connectivity index (χ0n) is 23.0. The van der Waals surface area contributed by atoms with Crippen LogP contribution in [0.2, 0.25) is 18.1 Å². The summed E-state index contributed by atoms with van der Waals surface area (Å²) in [6.07, 6.45) is 6.00. The van der Waals surface area contributed by atoms with E-state index in [-0.39, 0.29) is 11.4 Å². The Labute approximate surface area is 218 Å². The van der Waals surface area contributed by atoms with Gasteiger partial charge in [-0.05, 0) is 88.4 Å². The number of aromatic amines is 1. The van der Waals surface area contributed by atoms with Gasteiger partial charge in [-0.3, -0.25) is 4.90 Å². The Hall–Kier alpha value is -1.95. The molecule has 1 heterocycles. The molecule has 0 radical (unpaired) electrons. The van der Waals surface area contributed by atoms with Gasteiger partial charge in [-0.2, -0.15) is 0 Å². The lowest BCUT2D eigenvalue weighted by atomic mass is 9.68. The van der Waals surface area contributed by atoms with Gasteiger partial charge < -0.3 is 10.1 Å². The van der Waals surface area contributed by atoms with Crippen LogP contribution in [0.15, 0.2) is 48.5 Å². The van der Waals surface area contributed by atoms with Crippen molar-refractivity contribution in [3.8, 4) is 0 Å². The molecule has 1 fully saturated rings. The molecule has 2 N–H and O–H groups in total. The predicted octanol–water partition coefficient (Wildman–Crippen LogP) is 7.11. The SMILES string of the molecule is CC[Si](CC)(CC)c1[nH]c2ccccc2c1CCCC1(O)CCC(c2cccc(F)c2)(N(C)C)CC1. The van der Waals surface area contributed by atoms with Crippen LogP contribution in [-0.2, 0) is 12.0 Å². The number of H-pyrrole nitrogens is 1. The maximum absolute atomic E-state index is 14.0. The molecule has 196 valence electrons. The molecule has 0 saturated heterocycles. The highest BCUT2D eigenvalue weighted by molar-refractivity contribution is 6.91. The van der Waals surface area contributed by atoms with Gasteiger partial charge in [-0.1, -0.05) is 69.2 Å². The first-order chi connectivity index (χ1) is 17.2. The van der Waals surface area contributed by atoms with Crippen molar-refractivity contribution in [2.45, 2.75) is 95.0 Å². The molecule has 0 unspecified atom stereocenters. The minimum absolute atomic E-state index is 0.185. The molecule has 1 aliphatic carbocycles. The molecule has 0 amide bonds. The number of hydrogen-bond donors (Lipinski definition) is 2. The van der Waals surface area contributed by atoms with Gasteiger partial charge in [0.2, 0.25) is 0 Å². The third-order valence-corrected chi connectivity index (χ3v) is 15.2. The average molecular weight is 509 g/mol. The Morgan fingerprint density at radius 3 is 2.22 bits per heavy atom. The van der Waals surface area contributed by atoms with E-state index in [1.807, 2.05) is 12.1 Å². The minimum atomic E-state index is -1.56. The molecule has 0 spiro atoms. The highest BCUT2D eigenvalue weighted by atomic mass is 28.3. The summed E-state index contributed by atoms with van der Waals surface area (Å²) in [7, 11) is 2.61. The third-order valence-electron chi connectivity index (χ3n) is 9.67. The molecule has 4 rings (SSSR count). The van der Waals surface area contributed by atoms with Crippen molar-refractivity contribution in [2.24, 2.45) is 0 Å². The van der Waals surface area contributed by atoms with Crippen LogP contribution in [0.1, 0.15) is 70.4 Å². The molecular weight excluding hydrogens is 463 g/mol. The molecule has 0 atom stereocenters. The number of aryl methyl sites for hydroxylation is 1. The number of fused-ring (bicyclic) bond motifs is 1. The first-order valence-electron chi connectivity index (χ1n) is 14.0. The van der Waals surface area contributed by atoms with Crippen molar-refractivity contribution >= 4 is 24.3 Å². The Bertz CT molecular complexity index is 1150. The number of aliphatic hydroxyl groups is 1. The summed E-state index contributed by atoms with van der Waals surface area (Å²) in [5.74, 6) is -0.185. The normalized spacial score (nSPS) is 23.0. The van der Waals surface area contributed by atoms with Gasteiger partial charge in [0.25, 0.3) is 0 Å². The van der Waals surface area contributed by atoms with Crippen molar-refractivity contribution in [1.29, 1.82) is 0 Å². The van der Waals surface area contributed by atoms with Crippen LogP contribution in [0, 0.1) is 5.82 Å². The van der Waals surface area contributed by atoms with Crippen molar-refractivity contribution < 1.29 is 9.50 Å². The van der Waals surface area contributed by atoms with Gasteiger partial charge in [-0.15, -0.1) is 0 Å². The molecule has 3 aromatic rings. The van der Waals surface area contributed by atoms with Crippen LogP contribution in [0.3, 0.4) is 0 Å². The molecule has 0 aliphatic heterocycles. The van der Waals surface area contributed by atoms with Crippen LogP contribution in [0.4, 0.5) is 4.39 Å². The molecule has 1 aromatic heterocycles. The van der Waals surface area contributed by atoms with Gasteiger partial charge >= 0.3 is 0 Å². The van der Waals surface area contributed by atoms with E-state index >= 15 is 0 Å². The summed E-state index contributed by atoms with van der Waals surface area (Å²) in [6.45, 7) is 7.11. The van der Waals surface area contributed by atoms with E-state index in [4.69, 9.17) is 0 Å². The van der Waals surface area contributed by atoms with Crippen LogP contribution >= 0.6 is 0 Å². The first kappa shape index (κ1) is 27.1.